The van der Waals surface area contributed by atoms with Crippen LogP contribution in [0.15, 0.2) is 71.8 Å². The van der Waals surface area contributed by atoms with E-state index in [9.17, 15) is 23.4 Å². The van der Waals surface area contributed by atoms with Crippen molar-refractivity contribution < 1.29 is 32.9 Å². The summed E-state index contributed by atoms with van der Waals surface area (Å²) in [6.07, 6.45) is 11.7. The van der Waals surface area contributed by atoms with E-state index in [1.165, 1.54) is 30.4 Å². The van der Waals surface area contributed by atoms with Crippen LogP contribution >= 0.6 is 11.8 Å². The summed E-state index contributed by atoms with van der Waals surface area (Å²) in [7, 11) is -1.30. The maximum Gasteiger partial charge on any atom is 0.410 e. The maximum atomic E-state index is 12.8. The Labute approximate surface area is 374 Å². The zero-order chi connectivity index (χ0) is 45.7. The van der Waals surface area contributed by atoms with Crippen LogP contribution in [0.1, 0.15) is 76.4 Å². The smallest absolute Gasteiger partial charge is 0.410 e. The summed E-state index contributed by atoms with van der Waals surface area (Å²) in [5.74, 6) is 0.436. The van der Waals surface area contributed by atoms with Crippen LogP contribution in [0.4, 0.5) is 32.3 Å². The van der Waals surface area contributed by atoms with Gasteiger partial charge in [-0.15, -0.1) is 11.8 Å². The Hall–Kier alpha value is -5.96. The van der Waals surface area contributed by atoms with Gasteiger partial charge < -0.3 is 39.7 Å². The van der Waals surface area contributed by atoms with Gasteiger partial charge in [-0.1, -0.05) is 13.8 Å². The van der Waals surface area contributed by atoms with Crippen LogP contribution in [0.25, 0.3) is 0 Å². The second kappa shape index (κ2) is 21.9. The minimum absolute atomic E-state index is 0.0776. The monoisotopic (exact) mass is 904 g/mol. The molecule has 0 radical (unpaired) electrons. The Balaban J connectivity index is 0.000000238. The van der Waals surface area contributed by atoms with Crippen molar-refractivity contribution in [1.29, 1.82) is 0 Å². The number of anilines is 4. The number of carbonyl (C=O) groups excluding carboxylic acids is 4. The molecule has 0 aromatic carbocycles. The quantitative estimate of drug-likeness (QED) is 0.185. The number of thioether (sulfide) groups is 1. The summed E-state index contributed by atoms with van der Waals surface area (Å²) in [6, 6.07) is 3.67. The van der Waals surface area contributed by atoms with Crippen molar-refractivity contribution in [1.82, 2.24) is 39.7 Å². The second-order valence-corrected chi connectivity index (χ2v) is 19.1. The van der Waals surface area contributed by atoms with Crippen LogP contribution in [0.3, 0.4) is 0 Å². The fraction of sp³-hybridized carbons (Fsp3) is 0.476. The highest BCUT2D eigenvalue weighted by Gasteiger charge is 2.29. The number of ether oxygens (including phenoxy) is 2. The number of piperazine rings is 2. The SMILES string of the molecule is CCS(=O)c1cncc(C(=O)Nc2cnccc2N2CCN(C(=O)OC(C)(C)C)CC2)n1.CCSc1cncc(C(=O)Nc2cnccc2N2CCN(C(=O)OC(C)(C)C)CC2)n1. The van der Waals surface area contributed by atoms with Gasteiger partial charge in [0, 0.05) is 70.5 Å². The van der Waals surface area contributed by atoms with Gasteiger partial charge in [-0.05, 0) is 59.4 Å². The van der Waals surface area contributed by atoms with Crippen LogP contribution in [-0.4, -0.2) is 143 Å². The van der Waals surface area contributed by atoms with Gasteiger partial charge in [0.25, 0.3) is 11.8 Å². The number of hydrogen-bond donors (Lipinski definition) is 2. The standard InChI is InChI=1S/C21H28N6O4S.C21H28N6O3S/c1-5-32(30)18-14-23-13-16(24-18)19(28)25-15-12-22-7-6-17(15)26-8-10-27(11-9-26)20(29)31-21(2,3)4;1-5-31-18-14-23-13-16(24-18)19(28)25-15-12-22-7-6-17(15)26-8-10-27(11-9-26)20(29)30-21(2,3)4/h6-7,12-14H,5,8-11H2,1-4H3,(H,25,28);6-7,12-14H,5,8-11H2,1-4H3,(H,25,28). The van der Waals surface area contributed by atoms with Crippen molar-refractivity contribution in [3.05, 3.63) is 73.1 Å². The van der Waals surface area contributed by atoms with Crippen molar-refractivity contribution in [2.75, 3.05) is 84.3 Å². The van der Waals surface area contributed by atoms with Crippen molar-refractivity contribution in [2.45, 2.75) is 76.6 Å². The summed E-state index contributed by atoms with van der Waals surface area (Å²) >= 11 is 1.53. The lowest BCUT2D eigenvalue weighted by Gasteiger charge is -2.37. The van der Waals surface area contributed by atoms with E-state index in [4.69, 9.17) is 9.47 Å². The van der Waals surface area contributed by atoms with E-state index in [0.717, 1.165) is 17.1 Å². The molecule has 63 heavy (non-hydrogen) atoms. The molecule has 2 fully saturated rings. The first kappa shape index (κ1) is 48.1. The van der Waals surface area contributed by atoms with Crippen molar-refractivity contribution in [3.63, 3.8) is 0 Å². The first-order chi connectivity index (χ1) is 29.9. The molecule has 0 saturated carbocycles. The van der Waals surface area contributed by atoms with Gasteiger partial charge in [0.1, 0.15) is 32.6 Å². The number of rotatable bonds is 10. The van der Waals surface area contributed by atoms with Gasteiger partial charge >= 0.3 is 12.2 Å². The molecular weight excluding hydrogens is 849 g/mol. The predicted molar refractivity (Wildman–Crippen MR) is 242 cm³/mol. The number of carbonyl (C=O) groups is 4. The third-order valence-corrected chi connectivity index (χ3v) is 11.1. The number of amides is 4. The lowest BCUT2D eigenvalue weighted by atomic mass is 10.2. The molecule has 1 unspecified atom stereocenters. The average Bonchev–Trinajstić information content (AvgIpc) is 3.26. The molecule has 4 aromatic heterocycles. The van der Waals surface area contributed by atoms with E-state index in [1.807, 2.05) is 60.6 Å². The Morgan fingerprint density at radius 2 is 1.08 bits per heavy atom. The van der Waals surface area contributed by atoms with E-state index in [-0.39, 0.29) is 34.5 Å². The molecule has 6 rings (SSSR count). The average molecular weight is 905 g/mol. The van der Waals surface area contributed by atoms with Crippen LogP contribution in [-0.2, 0) is 20.3 Å². The lowest BCUT2D eigenvalue weighted by Crippen LogP contribution is -2.50. The molecule has 2 N–H and O–H groups in total. The van der Waals surface area contributed by atoms with Crippen LogP contribution < -0.4 is 20.4 Å². The van der Waals surface area contributed by atoms with E-state index < -0.39 is 27.9 Å². The highest BCUT2D eigenvalue weighted by molar-refractivity contribution is 7.99. The van der Waals surface area contributed by atoms with Gasteiger partial charge in [0.2, 0.25) is 0 Å². The van der Waals surface area contributed by atoms with Crippen LogP contribution in [0, 0.1) is 0 Å². The highest BCUT2D eigenvalue weighted by Crippen LogP contribution is 2.28. The Morgan fingerprint density at radius 3 is 1.51 bits per heavy atom. The second-order valence-electron chi connectivity index (χ2n) is 16.2. The molecule has 0 aliphatic carbocycles. The molecule has 21 heteroatoms. The first-order valence-corrected chi connectivity index (χ1v) is 22.9. The molecule has 2 saturated heterocycles. The fourth-order valence-electron chi connectivity index (χ4n) is 6.19. The molecule has 1 atom stereocenters. The van der Waals surface area contributed by atoms with E-state index in [0.29, 0.717) is 74.5 Å². The van der Waals surface area contributed by atoms with Gasteiger partial charge in [0.05, 0.1) is 70.7 Å². The Bertz CT molecular complexity index is 2240. The fourth-order valence-corrected chi connectivity index (χ4v) is 7.46. The Morgan fingerprint density at radius 1 is 0.635 bits per heavy atom. The van der Waals surface area contributed by atoms with Crippen LogP contribution in [0.5, 0.6) is 0 Å². The number of aromatic nitrogens is 6. The lowest BCUT2D eigenvalue weighted by molar-refractivity contribution is 0.0230. The van der Waals surface area contributed by atoms with Crippen molar-refractivity contribution >= 4 is 69.3 Å². The molecule has 0 spiro atoms. The summed E-state index contributed by atoms with van der Waals surface area (Å²) in [6.45, 7) is 19.3. The summed E-state index contributed by atoms with van der Waals surface area (Å²) in [5.41, 5.74) is 2.02. The van der Waals surface area contributed by atoms with Gasteiger partial charge in [-0.2, -0.15) is 0 Å². The predicted octanol–water partition coefficient (Wildman–Crippen LogP) is 5.60. The van der Waals surface area contributed by atoms with Crippen molar-refractivity contribution in [2.24, 2.45) is 0 Å². The largest absolute Gasteiger partial charge is 0.444 e. The molecular formula is C42H56N12O7S2. The zero-order valence-corrected chi connectivity index (χ0v) is 38.6. The minimum Gasteiger partial charge on any atom is -0.444 e. The summed E-state index contributed by atoms with van der Waals surface area (Å²) in [4.78, 5) is 82.6. The van der Waals surface area contributed by atoms with Crippen molar-refractivity contribution in [3.8, 4) is 0 Å². The zero-order valence-electron chi connectivity index (χ0n) is 37.0. The first-order valence-electron chi connectivity index (χ1n) is 20.6. The number of nitrogens with one attached hydrogen (secondary N) is 2. The summed E-state index contributed by atoms with van der Waals surface area (Å²) < 4.78 is 22.9. The molecule has 0 bridgehead atoms. The van der Waals surface area contributed by atoms with E-state index in [2.05, 4.69) is 50.3 Å². The maximum absolute atomic E-state index is 12.8. The summed E-state index contributed by atoms with van der Waals surface area (Å²) in [5, 5.41) is 6.70. The van der Waals surface area contributed by atoms with Gasteiger partial charge in [0.15, 0.2) is 0 Å². The molecule has 6 heterocycles. The van der Waals surface area contributed by atoms with Crippen LogP contribution in [0.2, 0.25) is 0 Å². The molecule has 2 aliphatic rings. The molecule has 4 aromatic rings. The van der Waals surface area contributed by atoms with E-state index in [1.54, 1.807) is 47.7 Å². The van der Waals surface area contributed by atoms with E-state index >= 15 is 0 Å². The highest BCUT2D eigenvalue weighted by atomic mass is 32.2. The topological polar surface area (TPSA) is 218 Å². The van der Waals surface area contributed by atoms with Gasteiger partial charge in [-0.3, -0.25) is 33.7 Å². The molecule has 2 aliphatic heterocycles. The Kier molecular flexibility index (Phi) is 16.7. The minimum atomic E-state index is -1.30. The third-order valence-electron chi connectivity index (χ3n) is 9.11. The number of nitrogens with zero attached hydrogens (tertiary/aromatic N) is 10. The normalized spacial score (nSPS) is 14.8. The number of hydrogen-bond acceptors (Lipinski definition) is 16. The van der Waals surface area contributed by atoms with Gasteiger partial charge in [-0.25, -0.2) is 19.6 Å². The molecule has 4 amide bonds. The molecule has 338 valence electrons. The third kappa shape index (κ3) is 14.3. The number of pyridine rings is 2. The molecule has 19 nitrogen and oxygen atoms in total.